The largest absolute Gasteiger partial charge is 0.368 e. The molecular formula is C30H24ClN3OS. The highest BCUT2D eigenvalue weighted by Gasteiger charge is 2.25. The predicted molar refractivity (Wildman–Crippen MR) is 150 cm³/mol. The summed E-state index contributed by atoms with van der Waals surface area (Å²) in [6, 6.07) is 30.2. The number of carbonyl (C=O) groups is 1. The number of para-hydroxylation sites is 1. The zero-order valence-corrected chi connectivity index (χ0v) is 21.2. The van der Waals surface area contributed by atoms with Crippen molar-refractivity contribution in [2.75, 3.05) is 31.1 Å². The molecule has 1 amide bonds. The van der Waals surface area contributed by atoms with Gasteiger partial charge in [0.15, 0.2) is 0 Å². The number of rotatable bonds is 4. The molecule has 1 aliphatic rings. The van der Waals surface area contributed by atoms with Gasteiger partial charge in [-0.15, -0.1) is 11.3 Å². The first-order chi connectivity index (χ1) is 17.7. The maximum absolute atomic E-state index is 14.0. The summed E-state index contributed by atoms with van der Waals surface area (Å²) in [4.78, 5) is 24.4. The quantitative estimate of drug-likeness (QED) is 0.256. The number of piperazine rings is 1. The molecule has 0 unspecified atom stereocenters. The number of hydrogen-bond acceptors (Lipinski definition) is 4. The summed E-state index contributed by atoms with van der Waals surface area (Å²) in [6.07, 6.45) is 0. The Morgan fingerprint density at radius 3 is 2.39 bits per heavy atom. The minimum absolute atomic E-state index is 0.0497. The van der Waals surface area contributed by atoms with Crippen molar-refractivity contribution in [3.63, 3.8) is 0 Å². The van der Waals surface area contributed by atoms with Crippen molar-refractivity contribution < 1.29 is 4.79 Å². The third kappa shape index (κ3) is 4.36. The Morgan fingerprint density at radius 1 is 0.833 bits per heavy atom. The third-order valence-corrected chi connectivity index (χ3v) is 7.80. The van der Waals surface area contributed by atoms with Crippen LogP contribution in [-0.2, 0) is 0 Å². The van der Waals surface area contributed by atoms with Crippen LogP contribution in [0.1, 0.15) is 10.4 Å². The van der Waals surface area contributed by atoms with Crippen molar-refractivity contribution in [3.05, 3.63) is 107 Å². The fourth-order valence-electron chi connectivity index (χ4n) is 4.82. The minimum Gasteiger partial charge on any atom is -0.368 e. The van der Waals surface area contributed by atoms with Gasteiger partial charge in [0.1, 0.15) is 0 Å². The van der Waals surface area contributed by atoms with E-state index >= 15 is 0 Å². The van der Waals surface area contributed by atoms with E-state index in [1.54, 1.807) is 11.3 Å². The Bertz CT molecular complexity index is 1530. The van der Waals surface area contributed by atoms with Crippen molar-refractivity contribution >= 4 is 45.4 Å². The van der Waals surface area contributed by atoms with E-state index < -0.39 is 0 Å². The van der Waals surface area contributed by atoms with Gasteiger partial charge in [0.2, 0.25) is 0 Å². The highest BCUT2D eigenvalue weighted by molar-refractivity contribution is 7.13. The number of anilines is 1. The molecule has 5 aromatic rings. The molecule has 1 fully saturated rings. The van der Waals surface area contributed by atoms with Crippen LogP contribution in [0, 0.1) is 0 Å². The Labute approximate surface area is 219 Å². The fraction of sp³-hybridized carbons (Fsp3) is 0.133. The molecule has 178 valence electrons. The molecule has 0 N–H and O–H groups in total. The van der Waals surface area contributed by atoms with Crippen LogP contribution in [0.2, 0.25) is 5.02 Å². The second-order valence-corrected chi connectivity index (χ2v) is 10.2. The van der Waals surface area contributed by atoms with Crippen LogP contribution < -0.4 is 4.90 Å². The zero-order chi connectivity index (χ0) is 24.5. The van der Waals surface area contributed by atoms with Gasteiger partial charge in [0, 0.05) is 58.3 Å². The topological polar surface area (TPSA) is 36.4 Å². The van der Waals surface area contributed by atoms with E-state index in [-0.39, 0.29) is 5.91 Å². The maximum atomic E-state index is 14.0. The molecule has 0 saturated carbocycles. The Hall–Kier alpha value is -3.67. The number of nitrogens with zero attached hydrogens (tertiary/aromatic N) is 3. The van der Waals surface area contributed by atoms with Gasteiger partial charge >= 0.3 is 0 Å². The Morgan fingerprint density at radius 2 is 1.64 bits per heavy atom. The van der Waals surface area contributed by atoms with E-state index in [1.165, 1.54) is 0 Å². The summed E-state index contributed by atoms with van der Waals surface area (Å²) in [7, 11) is 0. The first-order valence-corrected chi connectivity index (χ1v) is 13.3. The van der Waals surface area contributed by atoms with E-state index in [4.69, 9.17) is 16.6 Å². The van der Waals surface area contributed by atoms with E-state index in [0.717, 1.165) is 56.4 Å². The molecule has 0 atom stereocenters. The highest BCUT2D eigenvalue weighted by Crippen LogP contribution is 2.35. The molecule has 36 heavy (non-hydrogen) atoms. The van der Waals surface area contributed by atoms with E-state index in [0.29, 0.717) is 18.7 Å². The molecule has 0 spiro atoms. The lowest BCUT2D eigenvalue weighted by molar-refractivity contribution is 0.0748. The number of amides is 1. The van der Waals surface area contributed by atoms with E-state index in [2.05, 4.69) is 28.5 Å². The Kier molecular flexibility index (Phi) is 6.18. The number of aromatic nitrogens is 1. The molecule has 0 bridgehead atoms. The molecule has 3 heterocycles. The molecule has 3 aromatic carbocycles. The number of carbonyl (C=O) groups excluding carboxylic acids is 1. The summed E-state index contributed by atoms with van der Waals surface area (Å²) in [5.41, 5.74) is 5.53. The summed E-state index contributed by atoms with van der Waals surface area (Å²) >= 11 is 7.88. The zero-order valence-electron chi connectivity index (χ0n) is 19.6. The Balaban J connectivity index is 1.38. The van der Waals surface area contributed by atoms with Crippen molar-refractivity contribution in [2.45, 2.75) is 0 Å². The number of hydrogen-bond donors (Lipinski definition) is 0. The summed E-state index contributed by atoms with van der Waals surface area (Å²) in [6.45, 7) is 2.84. The van der Waals surface area contributed by atoms with Crippen LogP contribution in [-0.4, -0.2) is 42.0 Å². The third-order valence-electron chi connectivity index (χ3n) is 6.67. The molecule has 4 nitrogen and oxygen atoms in total. The molecule has 1 aliphatic heterocycles. The van der Waals surface area contributed by atoms with Crippen molar-refractivity contribution in [2.24, 2.45) is 0 Å². The number of fused-ring (bicyclic) bond motifs is 1. The molecule has 0 radical (unpaired) electrons. The van der Waals surface area contributed by atoms with Gasteiger partial charge in [-0.25, -0.2) is 4.98 Å². The smallest absolute Gasteiger partial charge is 0.254 e. The van der Waals surface area contributed by atoms with Crippen LogP contribution in [0.3, 0.4) is 0 Å². The summed E-state index contributed by atoms with van der Waals surface area (Å²) < 4.78 is 0. The molecule has 1 saturated heterocycles. The van der Waals surface area contributed by atoms with Gasteiger partial charge in [-0.1, -0.05) is 72.3 Å². The van der Waals surface area contributed by atoms with Crippen molar-refractivity contribution in [3.8, 4) is 21.7 Å². The van der Waals surface area contributed by atoms with Gasteiger partial charge in [0.25, 0.3) is 5.91 Å². The normalized spacial score (nSPS) is 13.8. The van der Waals surface area contributed by atoms with Gasteiger partial charge < -0.3 is 9.80 Å². The van der Waals surface area contributed by atoms with Crippen LogP contribution in [0.15, 0.2) is 96.4 Å². The highest BCUT2D eigenvalue weighted by atomic mass is 35.5. The van der Waals surface area contributed by atoms with Crippen LogP contribution in [0.4, 0.5) is 5.69 Å². The van der Waals surface area contributed by atoms with Crippen LogP contribution >= 0.6 is 22.9 Å². The first kappa shape index (κ1) is 22.8. The molecular weight excluding hydrogens is 486 g/mol. The van der Waals surface area contributed by atoms with Gasteiger partial charge in [0.05, 0.1) is 16.8 Å². The fourth-order valence-corrected chi connectivity index (χ4v) is 5.76. The average Bonchev–Trinajstić information content (AvgIpc) is 3.47. The summed E-state index contributed by atoms with van der Waals surface area (Å²) in [5, 5.41) is 3.69. The van der Waals surface area contributed by atoms with Gasteiger partial charge in [-0.05, 0) is 35.7 Å². The van der Waals surface area contributed by atoms with Gasteiger partial charge in [-0.2, -0.15) is 0 Å². The minimum atomic E-state index is 0.0497. The SMILES string of the molecule is O=C(c1cc(-c2ccccc2)nc2c(-c3cccs3)cccc12)N1CCN(c2cccc(Cl)c2)CC1. The van der Waals surface area contributed by atoms with Crippen molar-refractivity contribution in [1.29, 1.82) is 0 Å². The lowest BCUT2D eigenvalue weighted by Crippen LogP contribution is -2.48. The molecule has 2 aromatic heterocycles. The number of pyridine rings is 1. The van der Waals surface area contributed by atoms with Gasteiger partial charge in [-0.3, -0.25) is 4.79 Å². The first-order valence-electron chi connectivity index (χ1n) is 12.0. The number of thiophene rings is 1. The molecule has 6 heteroatoms. The van der Waals surface area contributed by atoms with Crippen LogP contribution in [0.25, 0.3) is 32.6 Å². The molecule has 6 rings (SSSR count). The lowest BCUT2D eigenvalue weighted by Gasteiger charge is -2.36. The lowest BCUT2D eigenvalue weighted by atomic mass is 9.99. The second-order valence-electron chi connectivity index (χ2n) is 8.86. The summed E-state index contributed by atoms with van der Waals surface area (Å²) in [5.74, 6) is 0.0497. The predicted octanol–water partition coefficient (Wildman–Crippen LogP) is 7.25. The molecule has 0 aliphatic carbocycles. The second kappa shape index (κ2) is 9.76. The van der Waals surface area contributed by atoms with Crippen LogP contribution in [0.5, 0.6) is 0 Å². The maximum Gasteiger partial charge on any atom is 0.254 e. The van der Waals surface area contributed by atoms with E-state index in [9.17, 15) is 4.79 Å². The average molecular weight is 510 g/mol. The van der Waals surface area contributed by atoms with Crippen molar-refractivity contribution in [1.82, 2.24) is 9.88 Å². The van der Waals surface area contributed by atoms with E-state index in [1.807, 2.05) is 77.7 Å². The number of halogens is 1. The monoisotopic (exact) mass is 509 g/mol. The standard InChI is InChI=1S/C30H24ClN3OS/c31-22-9-4-10-23(19-22)33-14-16-34(17-15-33)30(35)26-20-27(21-7-2-1-3-8-21)32-29-24(26)11-5-12-25(29)28-13-6-18-36-28/h1-13,18-20H,14-17H2. The number of benzene rings is 3.